The SMILES string of the molecule is Cc1ccc(CNC[C@H](O)[C@@]23CC[C@]4(C)[C@H](CC[C@@H]5[C@@]6(C)CC[C@H](OC(=O)[C@H]7C[C@@H](C(=O)O)C7(C)C)C(C)(C)[C@@H]6CC[C@]54C)C2=C(C(C)C)C(=O)C3)cn1. The molecule has 1 aromatic heterocycles. The largest absolute Gasteiger partial charge is 0.481 e. The first-order valence-electron chi connectivity index (χ1n) is 21.2. The van der Waals surface area contributed by atoms with Gasteiger partial charge in [0.15, 0.2) is 5.78 Å². The van der Waals surface area contributed by atoms with Gasteiger partial charge in [-0.25, -0.2) is 0 Å². The lowest BCUT2D eigenvalue weighted by Gasteiger charge is -2.72. The normalized spacial score (nSPS) is 41.2. The smallest absolute Gasteiger partial charge is 0.309 e. The molecular weight excluding hydrogens is 677 g/mol. The Kier molecular flexibility index (Phi) is 9.73. The van der Waals surface area contributed by atoms with Gasteiger partial charge >= 0.3 is 11.9 Å². The number of carboxylic acids is 1. The highest BCUT2D eigenvalue weighted by atomic mass is 16.5. The lowest BCUT2D eigenvalue weighted by atomic mass is 9.33. The van der Waals surface area contributed by atoms with Crippen LogP contribution in [0.25, 0.3) is 0 Å². The second kappa shape index (κ2) is 13.2. The van der Waals surface area contributed by atoms with E-state index in [1.165, 1.54) is 5.57 Å². The molecule has 1 heterocycles. The molecule has 5 fully saturated rings. The minimum Gasteiger partial charge on any atom is -0.481 e. The van der Waals surface area contributed by atoms with Crippen LogP contribution in [-0.4, -0.2) is 51.7 Å². The van der Waals surface area contributed by atoms with Crippen molar-refractivity contribution < 1.29 is 29.3 Å². The molecule has 0 unspecified atom stereocenters. The van der Waals surface area contributed by atoms with E-state index in [0.29, 0.717) is 37.8 Å². The van der Waals surface area contributed by atoms with Gasteiger partial charge in [-0.1, -0.05) is 74.0 Å². The van der Waals surface area contributed by atoms with Crippen molar-refractivity contribution in [3.05, 3.63) is 40.7 Å². The minimum atomic E-state index is -0.827. The summed E-state index contributed by atoms with van der Waals surface area (Å²) in [6.07, 6.45) is 9.82. The zero-order chi connectivity index (χ0) is 39.4. The van der Waals surface area contributed by atoms with Crippen molar-refractivity contribution in [2.24, 2.45) is 68.0 Å². The van der Waals surface area contributed by atoms with Crippen LogP contribution >= 0.6 is 0 Å². The number of nitrogens with zero attached hydrogens (tertiary/aromatic N) is 1. The van der Waals surface area contributed by atoms with Gasteiger partial charge < -0.3 is 20.3 Å². The van der Waals surface area contributed by atoms with Gasteiger partial charge in [0.05, 0.1) is 17.9 Å². The molecule has 8 nitrogen and oxygen atoms in total. The highest BCUT2D eigenvalue weighted by Gasteiger charge is 2.71. The molecule has 6 aliphatic carbocycles. The standard InChI is InChI=1S/C46H68N2O6/c1-26(2)37-32(49)22-46(35(50)25-47-23-28-12-11-27(3)48-24-28)20-19-44(9)29(38(37)46)13-14-34-43(8)17-16-36(42(6,7)33(43)15-18-45(34,44)10)54-40(53)31-21-30(39(51)52)41(31,4)5/h11-12,24,26,29-31,33-36,47,50H,13-23,25H2,1-10H3,(H,51,52)/t29-,30+,31-,33+,34-,35+,36+,43+,44-,45-,46+/m1/s1. The molecule has 0 amide bonds. The fourth-order valence-electron chi connectivity index (χ4n) is 14.4. The van der Waals surface area contributed by atoms with E-state index >= 15 is 0 Å². The summed E-state index contributed by atoms with van der Waals surface area (Å²) < 4.78 is 6.42. The number of fused-ring (bicyclic) bond motifs is 7. The maximum atomic E-state index is 14.1. The summed E-state index contributed by atoms with van der Waals surface area (Å²) in [5.41, 5.74) is 3.19. The van der Waals surface area contributed by atoms with Gasteiger partial charge in [-0.05, 0) is 127 Å². The first-order chi connectivity index (χ1) is 25.1. The van der Waals surface area contributed by atoms with Crippen molar-refractivity contribution >= 4 is 17.7 Å². The van der Waals surface area contributed by atoms with Crippen LogP contribution in [-0.2, 0) is 25.7 Å². The van der Waals surface area contributed by atoms with Crippen LogP contribution in [0.4, 0.5) is 0 Å². The predicted molar refractivity (Wildman–Crippen MR) is 209 cm³/mol. The Morgan fingerprint density at radius 1 is 0.907 bits per heavy atom. The van der Waals surface area contributed by atoms with E-state index in [4.69, 9.17) is 4.74 Å². The number of nitrogens with one attached hydrogen (secondary N) is 1. The van der Waals surface area contributed by atoms with Crippen molar-refractivity contribution in [1.29, 1.82) is 0 Å². The van der Waals surface area contributed by atoms with Gasteiger partial charge in [0.1, 0.15) is 6.10 Å². The van der Waals surface area contributed by atoms with Crippen LogP contribution < -0.4 is 5.32 Å². The quantitative estimate of drug-likeness (QED) is 0.215. The van der Waals surface area contributed by atoms with E-state index in [0.717, 1.165) is 68.2 Å². The Morgan fingerprint density at radius 3 is 2.26 bits per heavy atom. The summed E-state index contributed by atoms with van der Waals surface area (Å²) in [5.74, 6) is -0.405. The topological polar surface area (TPSA) is 126 Å². The number of ketones is 1. The van der Waals surface area contributed by atoms with E-state index in [1.54, 1.807) is 0 Å². The number of aryl methyl sites for hydroxylation is 1. The van der Waals surface area contributed by atoms with Crippen molar-refractivity contribution in [3.8, 4) is 0 Å². The van der Waals surface area contributed by atoms with Crippen LogP contribution in [0.1, 0.15) is 138 Å². The number of hydrogen-bond acceptors (Lipinski definition) is 7. The summed E-state index contributed by atoms with van der Waals surface area (Å²) in [4.78, 5) is 43.9. The molecule has 0 bridgehead atoms. The summed E-state index contributed by atoms with van der Waals surface area (Å²) in [5, 5.41) is 25.4. The minimum absolute atomic E-state index is 0.00183. The molecular formula is C46H68N2O6. The number of aliphatic hydroxyl groups excluding tert-OH is 1. The number of carboxylic acid groups (broad SMARTS) is 1. The Labute approximate surface area is 324 Å². The van der Waals surface area contributed by atoms with Crippen molar-refractivity contribution in [2.45, 2.75) is 152 Å². The number of ether oxygens (including phenoxy) is 1. The zero-order valence-electron chi connectivity index (χ0n) is 34.8. The number of carbonyl (C=O) groups excluding carboxylic acids is 2. The number of aliphatic carboxylic acids is 1. The highest BCUT2D eigenvalue weighted by Crippen LogP contribution is 2.77. The number of Topliss-reactive ketones (excluding diaryl/α,β-unsaturated/α-hetero) is 1. The number of hydrogen-bond donors (Lipinski definition) is 3. The molecule has 0 spiro atoms. The molecule has 7 rings (SSSR count). The summed E-state index contributed by atoms with van der Waals surface area (Å²) in [6.45, 7) is 23.5. The van der Waals surface area contributed by atoms with E-state index in [9.17, 15) is 24.6 Å². The molecule has 298 valence electrons. The molecule has 0 aliphatic heterocycles. The molecule has 3 N–H and O–H groups in total. The number of esters is 1. The maximum Gasteiger partial charge on any atom is 0.309 e. The lowest BCUT2D eigenvalue weighted by molar-refractivity contribution is -0.238. The molecule has 8 heteroatoms. The monoisotopic (exact) mass is 745 g/mol. The molecule has 0 radical (unpaired) electrons. The van der Waals surface area contributed by atoms with Gasteiger partial charge in [-0.2, -0.15) is 0 Å². The van der Waals surface area contributed by atoms with E-state index in [-0.39, 0.29) is 57.3 Å². The molecule has 54 heavy (non-hydrogen) atoms. The van der Waals surface area contributed by atoms with Crippen LogP contribution in [0.2, 0.25) is 0 Å². The molecule has 0 saturated heterocycles. The average Bonchev–Trinajstić information content (AvgIpc) is 3.40. The van der Waals surface area contributed by atoms with Crippen LogP contribution in [0, 0.1) is 74.9 Å². The molecule has 5 saturated carbocycles. The fourth-order valence-corrected chi connectivity index (χ4v) is 14.4. The molecule has 11 atom stereocenters. The third-order valence-corrected chi connectivity index (χ3v) is 17.8. The Morgan fingerprint density at radius 2 is 1.63 bits per heavy atom. The van der Waals surface area contributed by atoms with E-state index in [2.05, 4.69) is 64.8 Å². The fraction of sp³-hybridized carbons (Fsp3) is 0.783. The average molecular weight is 745 g/mol. The molecule has 6 aliphatic rings. The summed E-state index contributed by atoms with van der Waals surface area (Å²) in [6, 6.07) is 4.09. The first-order valence-corrected chi connectivity index (χ1v) is 21.2. The highest BCUT2D eigenvalue weighted by molar-refractivity contribution is 6.00. The van der Waals surface area contributed by atoms with E-state index in [1.807, 2.05) is 33.0 Å². The van der Waals surface area contributed by atoms with Crippen LogP contribution in [0.5, 0.6) is 0 Å². The van der Waals surface area contributed by atoms with Gasteiger partial charge in [0.2, 0.25) is 0 Å². The first kappa shape index (κ1) is 39.6. The lowest BCUT2D eigenvalue weighted by Crippen LogP contribution is -2.66. The van der Waals surface area contributed by atoms with Crippen molar-refractivity contribution in [3.63, 3.8) is 0 Å². The van der Waals surface area contributed by atoms with Crippen LogP contribution in [0.15, 0.2) is 29.5 Å². The van der Waals surface area contributed by atoms with Crippen molar-refractivity contribution in [2.75, 3.05) is 6.54 Å². The van der Waals surface area contributed by atoms with Gasteiger partial charge in [0.25, 0.3) is 0 Å². The van der Waals surface area contributed by atoms with Gasteiger partial charge in [-0.3, -0.25) is 19.4 Å². The van der Waals surface area contributed by atoms with Gasteiger partial charge in [-0.15, -0.1) is 0 Å². The third kappa shape index (κ3) is 5.63. The number of pyridine rings is 1. The number of aromatic nitrogens is 1. The van der Waals surface area contributed by atoms with Crippen molar-refractivity contribution in [1.82, 2.24) is 10.3 Å². The molecule has 0 aromatic carbocycles. The zero-order valence-corrected chi connectivity index (χ0v) is 34.8. The molecule has 1 aromatic rings. The summed E-state index contributed by atoms with van der Waals surface area (Å²) >= 11 is 0. The second-order valence-corrected chi connectivity index (χ2v) is 21.1. The number of rotatable bonds is 9. The Balaban J connectivity index is 1.12. The van der Waals surface area contributed by atoms with Gasteiger partial charge in [0, 0.05) is 42.2 Å². The predicted octanol–water partition coefficient (Wildman–Crippen LogP) is 8.48. The number of allylic oxidation sites excluding steroid dienone is 1. The Bertz CT molecular complexity index is 1710. The Hall–Kier alpha value is -2.58. The third-order valence-electron chi connectivity index (χ3n) is 17.8. The number of aliphatic hydroxyl groups is 1. The summed E-state index contributed by atoms with van der Waals surface area (Å²) in [7, 11) is 0. The maximum absolute atomic E-state index is 14.1. The van der Waals surface area contributed by atoms with E-state index < -0.39 is 28.8 Å². The number of carbonyl (C=O) groups is 3. The van der Waals surface area contributed by atoms with Crippen LogP contribution in [0.3, 0.4) is 0 Å². The second-order valence-electron chi connectivity index (χ2n) is 21.1.